The quantitative estimate of drug-likeness (QED) is 0.462. The minimum absolute atomic E-state index is 0.310. The van der Waals surface area contributed by atoms with Gasteiger partial charge in [0.1, 0.15) is 0 Å². The molecule has 0 aromatic carbocycles. The van der Waals surface area contributed by atoms with Crippen LogP contribution in [0.1, 0.15) is 44.9 Å². The Labute approximate surface area is 115 Å². The van der Waals surface area contributed by atoms with E-state index in [1.165, 1.54) is 19.3 Å². The predicted octanol–water partition coefficient (Wildman–Crippen LogP) is 1.19. The van der Waals surface area contributed by atoms with Gasteiger partial charge in [0, 0.05) is 39.1 Å². The standard InChI is InChI=1S/C14H26N4O/c1-17(12-7-8-12)14(15)16-9-5-11-18-10-4-2-3-6-13(18)19/h12H,2-11H2,1H3,(H2,15,16). The van der Waals surface area contributed by atoms with Gasteiger partial charge < -0.3 is 15.5 Å². The van der Waals surface area contributed by atoms with Gasteiger partial charge >= 0.3 is 0 Å². The van der Waals surface area contributed by atoms with Gasteiger partial charge in [-0.1, -0.05) is 6.42 Å². The number of hydrogen-bond acceptors (Lipinski definition) is 2. The SMILES string of the molecule is CN(C(N)=NCCCN1CCCCCC1=O)C1CC1. The second-order valence-corrected chi connectivity index (χ2v) is 5.63. The first-order valence-corrected chi connectivity index (χ1v) is 7.49. The minimum Gasteiger partial charge on any atom is -0.370 e. The van der Waals surface area contributed by atoms with Gasteiger partial charge in [0.05, 0.1) is 0 Å². The molecule has 0 aromatic rings. The second-order valence-electron chi connectivity index (χ2n) is 5.63. The molecule has 2 rings (SSSR count). The van der Waals surface area contributed by atoms with Gasteiger partial charge in [-0.15, -0.1) is 0 Å². The number of amides is 1. The number of hydrogen-bond donors (Lipinski definition) is 1. The summed E-state index contributed by atoms with van der Waals surface area (Å²) in [4.78, 5) is 20.3. The lowest BCUT2D eigenvalue weighted by Gasteiger charge is -2.20. The molecule has 1 saturated heterocycles. The summed E-state index contributed by atoms with van der Waals surface area (Å²) in [5.74, 6) is 0.953. The van der Waals surface area contributed by atoms with Crippen molar-refractivity contribution in [1.29, 1.82) is 0 Å². The molecule has 2 aliphatic rings. The molecule has 0 atom stereocenters. The summed E-state index contributed by atoms with van der Waals surface area (Å²) < 4.78 is 0. The Bertz CT molecular complexity index is 338. The summed E-state index contributed by atoms with van der Waals surface area (Å²) in [5.41, 5.74) is 5.93. The highest BCUT2D eigenvalue weighted by Crippen LogP contribution is 2.24. The van der Waals surface area contributed by atoms with Crippen LogP contribution < -0.4 is 5.73 Å². The first-order valence-electron chi connectivity index (χ1n) is 7.49. The Morgan fingerprint density at radius 1 is 1.42 bits per heavy atom. The summed E-state index contributed by atoms with van der Waals surface area (Å²) >= 11 is 0. The lowest BCUT2D eigenvalue weighted by atomic mass is 10.2. The molecule has 108 valence electrons. The van der Waals surface area contributed by atoms with E-state index < -0.39 is 0 Å². The second kappa shape index (κ2) is 6.78. The molecule has 1 amide bonds. The number of rotatable bonds is 5. The van der Waals surface area contributed by atoms with E-state index in [-0.39, 0.29) is 0 Å². The van der Waals surface area contributed by atoms with Crippen LogP contribution in [0.25, 0.3) is 0 Å². The first-order chi connectivity index (χ1) is 9.18. The van der Waals surface area contributed by atoms with Crippen molar-refractivity contribution in [2.45, 2.75) is 51.0 Å². The zero-order chi connectivity index (χ0) is 13.7. The van der Waals surface area contributed by atoms with Crippen molar-refractivity contribution in [3.8, 4) is 0 Å². The van der Waals surface area contributed by atoms with Gasteiger partial charge in [-0.3, -0.25) is 9.79 Å². The molecule has 2 N–H and O–H groups in total. The number of likely N-dealkylation sites (tertiary alicyclic amines) is 1. The maximum atomic E-state index is 11.8. The molecule has 0 bridgehead atoms. The fourth-order valence-corrected chi connectivity index (χ4v) is 2.49. The summed E-state index contributed by atoms with van der Waals surface area (Å²) in [6.45, 7) is 2.45. The Morgan fingerprint density at radius 2 is 2.21 bits per heavy atom. The van der Waals surface area contributed by atoms with E-state index in [4.69, 9.17) is 5.73 Å². The Balaban J connectivity index is 1.67. The molecule has 1 aliphatic carbocycles. The fraction of sp³-hybridized carbons (Fsp3) is 0.857. The zero-order valence-corrected chi connectivity index (χ0v) is 12.0. The maximum absolute atomic E-state index is 11.8. The normalized spacial score (nSPS) is 21.4. The first kappa shape index (κ1) is 14.2. The van der Waals surface area contributed by atoms with Crippen molar-refractivity contribution < 1.29 is 4.79 Å². The van der Waals surface area contributed by atoms with Gasteiger partial charge in [-0.05, 0) is 32.1 Å². The third-order valence-corrected chi connectivity index (χ3v) is 3.99. The van der Waals surface area contributed by atoms with Crippen molar-refractivity contribution in [2.24, 2.45) is 10.7 Å². The Kier molecular flexibility index (Phi) is 5.05. The van der Waals surface area contributed by atoms with Crippen LogP contribution in [0.4, 0.5) is 0 Å². The summed E-state index contributed by atoms with van der Waals surface area (Å²) in [5, 5.41) is 0. The van der Waals surface area contributed by atoms with E-state index in [0.29, 0.717) is 24.5 Å². The molecule has 1 aliphatic heterocycles. The van der Waals surface area contributed by atoms with Crippen LogP contribution in [-0.4, -0.2) is 54.4 Å². The molecular weight excluding hydrogens is 240 g/mol. The van der Waals surface area contributed by atoms with Gasteiger partial charge in [-0.25, -0.2) is 0 Å². The zero-order valence-electron chi connectivity index (χ0n) is 12.0. The highest BCUT2D eigenvalue weighted by molar-refractivity contribution is 5.78. The van der Waals surface area contributed by atoms with E-state index in [1.54, 1.807) is 0 Å². The topological polar surface area (TPSA) is 61.9 Å². The van der Waals surface area contributed by atoms with Crippen LogP contribution in [0.5, 0.6) is 0 Å². The number of guanidine groups is 1. The number of nitrogens with zero attached hydrogens (tertiary/aromatic N) is 3. The van der Waals surface area contributed by atoms with Crippen LogP contribution in [-0.2, 0) is 4.79 Å². The van der Waals surface area contributed by atoms with Crippen LogP contribution in [0, 0.1) is 0 Å². The van der Waals surface area contributed by atoms with E-state index >= 15 is 0 Å². The highest BCUT2D eigenvalue weighted by atomic mass is 16.2. The Hall–Kier alpha value is -1.26. The van der Waals surface area contributed by atoms with Gasteiger partial charge in [0.15, 0.2) is 5.96 Å². The molecule has 0 unspecified atom stereocenters. The van der Waals surface area contributed by atoms with Crippen molar-refractivity contribution in [2.75, 3.05) is 26.7 Å². The van der Waals surface area contributed by atoms with E-state index in [1.807, 2.05) is 11.9 Å². The molecule has 0 spiro atoms. The summed E-state index contributed by atoms with van der Waals surface area (Å²) in [6.07, 6.45) is 7.46. The predicted molar refractivity (Wildman–Crippen MR) is 76.9 cm³/mol. The largest absolute Gasteiger partial charge is 0.370 e. The van der Waals surface area contributed by atoms with Crippen molar-refractivity contribution in [3.63, 3.8) is 0 Å². The van der Waals surface area contributed by atoms with Crippen molar-refractivity contribution >= 4 is 11.9 Å². The molecule has 2 fully saturated rings. The van der Waals surface area contributed by atoms with E-state index in [2.05, 4.69) is 9.89 Å². The maximum Gasteiger partial charge on any atom is 0.222 e. The average molecular weight is 266 g/mol. The lowest BCUT2D eigenvalue weighted by Crippen LogP contribution is -2.36. The molecule has 5 heteroatoms. The van der Waals surface area contributed by atoms with Gasteiger partial charge in [0.25, 0.3) is 0 Å². The average Bonchev–Trinajstić information content (AvgIpc) is 3.22. The van der Waals surface area contributed by atoms with Crippen molar-refractivity contribution in [1.82, 2.24) is 9.80 Å². The van der Waals surface area contributed by atoms with Crippen LogP contribution in [0.15, 0.2) is 4.99 Å². The lowest BCUT2D eigenvalue weighted by molar-refractivity contribution is -0.130. The number of nitrogens with two attached hydrogens (primary N) is 1. The molecule has 19 heavy (non-hydrogen) atoms. The van der Waals surface area contributed by atoms with Gasteiger partial charge in [-0.2, -0.15) is 0 Å². The number of aliphatic imine (C=N–C) groups is 1. The monoisotopic (exact) mass is 266 g/mol. The molecule has 0 radical (unpaired) electrons. The fourth-order valence-electron chi connectivity index (χ4n) is 2.49. The minimum atomic E-state index is 0.310. The highest BCUT2D eigenvalue weighted by Gasteiger charge is 2.27. The molecule has 1 saturated carbocycles. The summed E-state index contributed by atoms with van der Waals surface area (Å²) in [7, 11) is 2.01. The van der Waals surface area contributed by atoms with Crippen LogP contribution in [0.3, 0.4) is 0 Å². The third-order valence-electron chi connectivity index (χ3n) is 3.99. The third kappa shape index (κ3) is 4.40. The van der Waals surface area contributed by atoms with Crippen LogP contribution in [0.2, 0.25) is 0 Å². The smallest absolute Gasteiger partial charge is 0.222 e. The summed E-state index contributed by atoms with van der Waals surface area (Å²) in [6, 6.07) is 0.607. The molecular formula is C14H26N4O. The van der Waals surface area contributed by atoms with Crippen LogP contribution >= 0.6 is 0 Å². The number of carbonyl (C=O) groups is 1. The van der Waals surface area contributed by atoms with Gasteiger partial charge in [0.2, 0.25) is 5.91 Å². The van der Waals surface area contributed by atoms with E-state index in [9.17, 15) is 4.79 Å². The Morgan fingerprint density at radius 3 is 2.95 bits per heavy atom. The molecule has 1 heterocycles. The molecule has 0 aromatic heterocycles. The number of carbonyl (C=O) groups excluding carboxylic acids is 1. The van der Waals surface area contributed by atoms with E-state index in [0.717, 1.165) is 38.8 Å². The molecule has 5 nitrogen and oxygen atoms in total. The van der Waals surface area contributed by atoms with Crippen molar-refractivity contribution in [3.05, 3.63) is 0 Å².